The molecule has 0 saturated carbocycles. The molecule has 3 aromatic rings. The molecule has 4 rings (SSSR count). The van der Waals surface area contributed by atoms with Crippen LogP contribution in [-0.4, -0.2) is 33.4 Å². The molecule has 1 aliphatic rings. The van der Waals surface area contributed by atoms with Crippen LogP contribution in [0.3, 0.4) is 0 Å². The third-order valence-corrected chi connectivity index (χ3v) is 5.54. The lowest BCUT2D eigenvalue weighted by Gasteiger charge is -2.26. The van der Waals surface area contributed by atoms with Gasteiger partial charge in [-0.1, -0.05) is 30.7 Å². The summed E-state index contributed by atoms with van der Waals surface area (Å²) in [6.45, 7) is 4.87. The van der Waals surface area contributed by atoms with Crippen molar-refractivity contribution in [1.29, 1.82) is 0 Å². The molecule has 1 amide bonds. The van der Waals surface area contributed by atoms with E-state index in [4.69, 9.17) is 0 Å². The van der Waals surface area contributed by atoms with Crippen LogP contribution < -0.4 is 10.9 Å². The highest BCUT2D eigenvalue weighted by Gasteiger charge is 2.18. The van der Waals surface area contributed by atoms with Crippen molar-refractivity contribution in [3.63, 3.8) is 0 Å². The van der Waals surface area contributed by atoms with E-state index in [0.29, 0.717) is 10.9 Å². The van der Waals surface area contributed by atoms with Crippen LogP contribution in [0.4, 0.5) is 5.69 Å². The molecule has 1 aromatic heterocycles. The van der Waals surface area contributed by atoms with Crippen molar-refractivity contribution < 1.29 is 4.79 Å². The molecule has 0 spiro atoms. The van der Waals surface area contributed by atoms with E-state index >= 15 is 0 Å². The highest BCUT2D eigenvalue weighted by atomic mass is 16.2. The molecule has 6 heteroatoms. The average Bonchev–Trinajstić information content (AvgIpc) is 2.75. The van der Waals surface area contributed by atoms with Gasteiger partial charge >= 0.3 is 0 Å². The average molecular weight is 390 g/mol. The van der Waals surface area contributed by atoms with E-state index in [2.05, 4.69) is 21.3 Å². The predicted molar refractivity (Wildman–Crippen MR) is 115 cm³/mol. The lowest BCUT2D eigenvalue weighted by molar-refractivity contribution is -0.118. The van der Waals surface area contributed by atoms with E-state index in [1.165, 1.54) is 35.7 Å². The summed E-state index contributed by atoms with van der Waals surface area (Å²) in [5.74, 6) is -0.237. The van der Waals surface area contributed by atoms with Crippen LogP contribution >= 0.6 is 0 Å². The van der Waals surface area contributed by atoms with E-state index in [0.717, 1.165) is 25.3 Å². The molecule has 1 fully saturated rings. The normalized spacial score (nSPS) is 15.9. The number of fused-ring (bicyclic) bond motifs is 1. The smallest absolute Gasteiger partial charge is 0.261 e. The lowest BCUT2D eigenvalue weighted by Crippen LogP contribution is -2.32. The van der Waals surface area contributed by atoms with Crippen LogP contribution in [0.5, 0.6) is 0 Å². The van der Waals surface area contributed by atoms with E-state index in [1.54, 1.807) is 25.1 Å². The van der Waals surface area contributed by atoms with Gasteiger partial charge in [0.2, 0.25) is 5.91 Å². The quantitative estimate of drug-likeness (QED) is 0.723. The number of nitrogens with zero attached hydrogens (tertiary/aromatic N) is 3. The molecule has 2 aromatic carbocycles. The number of para-hydroxylation sites is 1. The number of aromatic nitrogens is 2. The maximum atomic E-state index is 12.8. The number of benzene rings is 2. The monoisotopic (exact) mass is 390 g/mol. The van der Waals surface area contributed by atoms with E-state index < -0.39 is 6.04 Å². The number of hydrogen-bond acceptors (Lipinski definition) is 4. The molecule has 0 aliphatic carbocycles. The van der Waals surface area contributed by atoms with Gasteiger partial charge in [-0.15, -0.1) is 0 Å². The van der Waals surface area contributed by atoms with E-state index in [-0.39, 0.29) is 11.5 Å². The van der Waals surface area contributed by atoms with Gasteiger partial charge in [-0.2, -0.15) is 0 Å². The van der Waals surface area contributed by atoms with Gasteiger partial charge in [-0.05, 0) is 62.7 Å². The van der Waals surface area contributed by atoms with Gasteiger partial charge in [0.1, 0.15) is 6.04 Å². The molecule has 2 heterocycles. The van der Waals surface area contributed by atoms with Crippen molar-refractivity contribution in [2.75, 3.05) is 18.4 Å². The number of nitrogens with one attached hydrogen (secondary N) is 1. The number of piperidine rings is 1. The molecule has 0 unspecified atom stereocenters. The van der Waals surface area contributed by atoms with Crippen LogP contribution in [0.25, 0.3) is 10.9 Å². The van der Waals surface area contributed by atoms with Gasteiger partial charge < -0.3 is 5.32 Å². The van der Waals surface area contributed by atoms with Crippen molar-refractivity contribution in [2.24, 2.45) is 0 Å². The van der Waals surface area contributed by atoms with Gasteiger partial charge in [-0.3, -0.25) is 19.1 Å². The summed E-state index contributed by atoms with van der Waals surface area (Å²) in [6, 6.07) is 14.4. The number of anilines is 1. The van der Waals surface area contributed by atoms with Crippen LogP contribution in [0.2, 0.25) is 0 Å². The second kappa shape index (κ2) is 8.57. The summed E-state index contributed by atoms with van der Waals surface area (Å²) >= 11 is 0. The first-order chi connectivity index (χ1) is 14.1. The first kappa shape index (κ1) is 19.3. The maximum Gasteiger partial charge on any atom is 0.261 e. The number of rotatable bonds is 5. The minimum atomic E-state index is -0.662. The fourth-order valence-electron chi connectivity index (χ4n) is 3.86. The van der Waals surface area contributed by atoms with Crippen LogP contribution in [0, 0.1) is 0 Å². The Balaban J connectivity index is 1.48. The molecule has 6 nitrogen and oxygen atoms in total. The Morgan fingerprint density at radius 2 is 1.90 bits per heavy atom. The summed E-state index contributed by atoms with van der Waals surface area (Å²) < 4.78 is 1.38. The number of carbonyl (C=O) groups is 1. The van der Waals surface area contributed by atoms with Crippen LogP contribution in [0.15, 0.2) is 59.7 Å². The first-order valence-corrected chi connectivity index (χ1v) is 10.2. The van der Waals surface area contributed by atoms with E-state index in [9.17, 15) is 9.59 Å². The topological polar surface area (TPSA) is 67.2 Å². The van der Waals surface area contributed by atoms with Crippen LogP contribution in [0.1, 0.15) is 37.8 Å². The molecular formula is C23H26N4O2. The van der Waals surface area contributed by atoms with Gasteiger partial charge in [0.25, 0.3) is 5.56 Å². The fraction of sp³-hybridized carbons (Fsp3) is 0.348. The Morgan fingerprint density at radius 1 is 1.10 bits per heavy atom. The zero-order valence-corrected chi connectivity index (χ0v) is 16.7. The lowest BCUT2D eigenvalue weighted by atomic mass is 10.1. The molecule has 150 valence electrons. The van der Waals surface area contributed by atoms with Gasteiger partial charge in [0.15, 0.2) is 0 Å². The van der Waals surface area contributed by atoms with Crippen molar-refractivity contribution in [1.82, 2.24) is 14.5 Å². The number of amides is 1. The molecule has 1 atom stereocenters. The Morgan fingerprint density at radius 3 is 2.72 bits per heavy atom. The third kappa shape index (κ3) is 4.38. The summed E-state index contributed by atoms with van der Waals surface area (Å²) in [6.07, 6.45) is 5.26. The van der Waals surface area contributed by atoms with Crippen molar-refractivity contribution in [3.8, 4) is 0 Å². The molecule has 0 radical (unpaired) electrons. The fourth-order valence-corrected chi connectivity index (χ4v) is 3.86. The molecule has 1 aliphatic heterocycles. The second-order valence-electron chi connectivity index (χ2n) is 7.68. The summed E-state index contributed by atoms with van der Waals surface area (Å²) in [7, 11) is 0. The third-order valence-electron chi connectivity index (χ3n) is 5.54. The van der Waals surface area contributed by atoms with Gasteiger partial charge in [0, 0.05) is 12.2 Å². The maximum absolute atomic E-state index is 12.8. The van der Waals surface area contributed by atoms with Crippen molar-refractivity contribution in [3.05, 3.63) is 70.8 Å². The van der Waals surface area contributed by atoms with Gasteiger partial charge in [-0.25, -0.2) is 4.98 Å². The standard InChI is InChI=1S/C23H26N4O2/c1-17(27-16-24-21-11-4-3-10-20(21)23(27)29)22(28)25-19-9-7-8-18(14-19)15-26-12-5-2-6-13-26/h3-4,7-11,14,16-17H,2,5-6,12-13,15H2,1H3,(H,25,28)/t17-/m1/s1. The zero-order chi connectivity index (χ0) is 20.2. The number of carbonyl (C=O) groups excluding carboxylic acids is 1. The molecule has 29 heavy (non-hydrogen) atoms. The summed E-state index contributed by atoms with van der Waals surface area (Å²) in [5.41, 5.74) is 2.35. The molecular weight excluding hydrogens is 364 g/mol. The molecule has 1 N–H and O–H groups in total. The first-order valence-electron chi connectivity index (χ1n) is 10.2. The van der Waals surface area contributed by atoms with Gasteiger partial charge in [0.05, 0.1) is 17.2 Å². The Hall–Kier alpha value is -2.99. The SMILES string of the molecule is C[C@H](C(=O)Nc1cccc(CN2CCCCC2)c1)n1cnc2ccccc2c1=O. The minimum Gasteiger partial charge on any atom is -0.324 e. The van der Waals surface area contributed by atoms with E-state index in [1.807, 2.05) is 24.3 Å². The Labute approximate surface area is 170 Å². The summed E-state index contributed by atoms with van der Waals surface area (Å²) in [4.78, 5) is 32.3. The second-order valence-corrected chi connectivity index (χ2v) is 7.68. The highest BCUT2D eigenvalue weighted by molar-refractivity contribution is 5.93. The van der Waals surface area contributed by atoms with Crippen molar-refractivity contribution in [2.45, 2.75) is 38.8 Å². The van der Waals surface area contributed by atoms with Crippen molar-refractivity contribution >= 4 is 22.5 Å². The minimum absolute atomic E-state index is 0.211. The Kier molecular flexibility index (Phi) is 5.71. The molecule has 0 bridgehead atoms. The highest BCUT2D eigenvalue weighted by Crippen LogP contribution is 2.17. The number of hydrogen-bond donors (Lipinski definition) is 1. The molecule has 1 saturated heterocycles. The predicted octanol–water partition coefficient (Wildman–Crippen LogP) is 3.58. The summed E-state index contributed by atoms with van der Waals surface area (Å²) in [5, 5.41) is 3.46. The number of likely N-dealkylation sites (tertiary alicyclic amines) is 1. The Bertz CT molecular complexity index is 1070. The largest absolute Gasteiger partial charge is 0.324 e. The zero-order valence-electron chi connectivity index (χ0n) is 16.7. The van der Waals surface area contributed by atoms with Crippen LogP contribution in [-0.2, 0) is 11.3 Å².